The Morgan fingerprint density at radius 3 is 2.00 bits per heavy atom. The highest BCUT2D eigenvalue weighted by atomic mass is 31.7. The number of unbranched alkanes of at least 4 members (excludes halogenated alkanes) is 9. The molecule has 0 aliphatic carbocycles. The van der Waals surface area contributed by atoms with E-state index in [9.17, 15) is 0 Å². The van der Waals surface area contributed by atoms with Crippen molar-refractivity contribution in [2.24, 2.45) is 0 Å². The summed E-state index contributed by atoms with van der Waals surface area (Å²) in [6.45, 7) is 2.28. The first-order valence-corrected chi connectivity index (χ1v) is 9.68. The molecule has 0 aromatic rings. The molecule has 0 aromatic carbocycles. The largest absolute Gasteiger partial charge is 0.230 e. The molecule has 0 saturated carbocycles. The fourth-order valence-corrected chi connectivity index (χ4v) is 4.04. The monoisotopic (exact) mass is 270 g/mol. The van der Waals surface area contributed by atoms with Gasteiger partial charge in [-0.25, -0.2) is 5.09 Å². The second kappa shape index (κ2) is 11.2. The van der Waals surface area contributed by atoms with Gasteiger partial charge in [0.2, 0.25) is 0 Å². The quantitative estimate of drug-likeness (QED) is 0.301. The van der Waals surface area contributed by atoms with E-state index in [1.807, 2.05) is 0 Å². The van der Waals surface area contributed by atoms with Crippen LogP contribution in [-0.2, 0) is 0 Å². The lowest BCUT2D eigenvalue weighted by Crippen LogP contribution is -1.82. The maximum absolute atomic E-state index is 4.23. The Labute approximate surface area is 110 Å². The van der Waals surface area contributed by atoms with Gasteiger partial charge in [0.25, 0.3) is 0 Å². The highest BCUT2D eigenvalue weighted by Gasteiger charge is 1.99. The Kier molecular flexibility index (Phi) is 10.1. The van der Waals surface area contributed by atoms with Crippen LogP contribution in [0.2, 0.25) is 0 Å². The molecule has 1 rings (SSSR count). The molecule has 1 radical (unpaired) electrons. The Balaban J connectivity index is 1.74. The summed E-state index contributed by atoms with van der Waals surface area (Å²) in [6.07, 6.45) is 17.7. The van der Waals surface area contributed by atoms with Crippen LogP contribution in [0.15, 0.2) is 11.5 Å². The normalized spacial score (nSPS) is 15.7. The van der Waals surface area contributed by atoms with E-state index in [-0.39, 0.29) is 0 Å². The van der Waals surface area contributed by atoms with Crippen LogP contribution in [-0.4, -0.2) is 0 Å². The summed E-state index contributed by atoms with van der Waals surface area (Å²) in [5.41, 5.74) is 0. The fourth-order valence-electron chi connectivity index (χ4n) is 2.11. The van der Waals surface area contributed by atoms with Crippen molar-refractivity contribution in [2.45, 2.75) is 77.6 Å². The molecule has 0 aromatic heterocycles. The van der Waals surface area contributed by atoms with E-state index in [4.69, 9.17) is 0 Å². The van der Waals surface area contributed by atoms with E-state index in [2.05, 4.69) is 18.2 Å². The Morgan fingerprint density at radius 2 is 1.47 bits per heavy atom. The molecule has 0 fully saturated rings. The van der Waals surface area contributed by atoms with Gasteiger partial charge in [-0.15, -0.1) is 0 Å². The van der Waals surface area contributed by atoms with Crippen molar-refractivity contribution >= 4 is 15.9 Å². The Hall–Kier alpha value is 0.140. The zero-order valence-corrected chi connectivity index (χ0v) is 13.0. The highest BCUT2D eigenvalue weighted by Crippen LogP contribution is 2.33. The first-order chi connectivity index (χ1) is 8.43. The third-order valence-corrected chi connectivity index (χ3v) is 5.47. The van der Waals surface area contributed by atoms with Crippen LogP contribution in [0.25, 0.3) is 0 Å². The molecular weight excluding hydrogens is 244 g/mol. The predicted molar refractivity (Wildman–Crippen MR) is 80.5 cm³/mol. The molecule has 1 aliphatic heterocycles. The number of nitrogens with zero attached hydrogens (tertiary/aromatic N) is 1. The van der Waals surface area contributed by atoms with Gasteiger partial charge in [0.05, 0.1) is 8.02 Å². The lowest BCUT2D eigenvalue weighted by atomic mass is 10.1. The predicted octanol–water partition coefficient (Wildman–Crippen LogP) is 6.48. The number of allylic oxidation sites excluding steroid dienone is 1. The molecule has 0 N–H and O–H groups in total. The fraction of sp³-hybridized carbons (Fsp3) is 0.857. The van der Waals surface area contributed by atoms with E-state index >= 15 is 0 Å². The summed E-state index contributed by atoms with van der Waals surface area (Å²) in [5.74, 6) is 0. The molecular formula is C14H26NP2. The second-order valence-corrected chi connectivity index (χ2v) is 7.18. The molecule has 0 bridgehead atoms. The second-order valence-electron chi connectivity index (χ2n) is 4.86. The van der Waals surface area contributed by atoms with Gasteiger partial charge < -0.3 is 0 Å². The summed E-state index contributed by atoms with van der Waals surface area (Å²) < 4.78 is 0. The van der Waals surface area contributed by atoms with Crippen molar-refractivity contribution < 1.29 is 0 Å². The first-order valence-electron chi connectivity index (χ1n) is 7.23. The van der Waals surface area contributed by atoms with Crippen molar-refractivity contribution in [1.82, 2.24) is 5.09 Å². The topological polar surface area (TPSA) is 14.1 Å². The van der Waals surface area contributed by atoms with Gasteiger partial charge in [-0.2, -0.15) is 0 Å². The molecule has 1 aliphatic rings. The van der Waals surface area contributed by atoms with Crippen LogP contribution >= 0.6 is 15.9 Å². The molecule has 1 heterocycles. The number of rotatable bonds is 11. The van der Waals surface area contributed by atoms with Crippen molar-refractivity contribution in [2.75, 3.05) is 0 Å². The van der Waals surface area contributed by atoms with Gasteiger partial charge >= 0.3 is 0 Å². The highest BCUT2D eigenvalue weighted by molar-refractivity contribution is 7.85. The standard InChI is InChI=1S/C14H26NP2/c1-2-3-4-5-6-7-8-9-10-11-12-14-13-15-17-16-14/h13H,2-12H2,1H3. The summed E-state index contributed by atoms with van der Waals surface area (Å²) in [5, 5.41) is 5.77. The van der Waals surface area contributed by atoms with Crippen molar-refractivity contribution in [3.8, 4) is 0 Å². The van der Waals surface area contributed by atoms with Gasteiger partial charge in [0, 0.05) is 11.5 Å². The summed E-state index contributed by atoms with van der Waals surface area (Å²) >= 11 is 0. The van der Waals surface area contributed by atoms with E-state index in [0.29, 0.717) is 0 Å². The minimum Gasteiger partial charge on any atom is -0.230 e. The van der Waals surface area contributed by atoms with E-state index in [1.54, 1.807) is 5.31 Å². The van der Waals surface area contributed by atoms with Gasteiger partial charge in [-0.1, -0.05) is 64.7 Å². The summed E-state index contributed by atoms with van der Waals surface area (Å²) in [7, 11) is 2.67. The molecule has 97 valence electrons. The molecule has 0 saturated heterocycles. The van der Waals surface area contributed by atoms with Gasteiger partial charge in [0.1, 0.15) is 0 Å². The summed E-state index contributed by atoms with van der Waals surface area (Å²) in [6, 6.07) is 0. The van der Waals surface area contributed by atoms with Crippen LogP contribution in [0.3, 0.4) is 0 Å². The number of hydrogen-bond acceptors (Lipinski definition) is 0. The molecule has 17 heavy (non-hydrogen) atoms. The molecule has 1 nitrogen and oxygen atoms in total. The lowest BCUT2D eigenvalue weighted by molar-refractivity contribution is 0.557. The van der Waals surface area contributed by atoms with Crippen molar-refractivity contribution in [1.29, 1.82) is 0 Å². The van der Waals surface area contributed by atoms with Gasteiger partial charge in [-0.3, -0.25) is 0 Å². The van der Waals surface area contributed by atoms with Crippen LogP contribution in [0, 0.1) is 0 Å². The van der Waals surface area contributed by atoms with E-state index in [1.165, 1.54) is 86.5 Å². The molecule has 3 heteroatoms. The lowest BCUT2D eigenvalue weighted by Gasteiger charge is -2.02. The zero-order valence-electron chi connectivity index (χ0n) is 11.2. The Morgan fingerprint density at radius 1 is 0.882 bits per heavy atom. The maximum Gasteiger partial charge on any atom is 0.0696 e. The van der Waals surface area contributed by atoms with Crippen LogP contribution < -0.4 is 5.09 Å². The van der Waals surface area contributed by atoms with Crippen LogP contribution in [0.5, 0.6) is 0 Å². The third-order valence-electron chi connectivity index (χ3n) is 3.22. The van der Waals surface area contributed by atoms with Crippen molar-refractivity contribution in [3.05, 3.63) is 11.5 Å². The Bertz CT molecular complexity index is 236. The molecule has 0 amide bonds. The summed E-state index contributed by atoms with van der Waals surface area (Å²) in [4.78, 5) is 0. The smallest absolute Gasteiger partial charge is 0.0696 e. The van der Waals surface area contributed by atoms with E-state index < -0.39 is 0 Å². The molecule has 0 atom stereocenters. The maximum atomic E-state index is 4.23. The number of hydrogen-bond donors (Lipinski definition) is 0. The molecule has 0 unspecified atom stereocenters. The van der Waals surface area contributed by atoms with Gasteiger partial charge in [0.15, 0.2) is 0 Å². The van der Waals surface area contributed by atoms with E-state index in [0.717, 1.165) is 0 Å². The average Bonchev–Trinajstić information content (AvgIpc) is 2.85. The van der Waals surface area contributed by atoms with Gasteiger partial charge in [-0.05, 0) is 20.7 Å². The minimum atomic E-state index is 1.24. The van der Waals surface area contributed by atoms with Crippen LogP contribution in [0.4, 0.5) is 0 Å². The van der Waals surface area contributed by atoms with Crippen LogP contribution in [0.1, 0.15) is 77.6 Å². The average molecular weight is 270 g/mol. The minimum absolute atomic E-state index is 1.24. The first kappa shape index (κ1) is 15.2. The third kappa shape index (κ3) is 8.81. The SMILES string of the molecule is CCCCCCCCCCCCC1=C[N]P=P1. The zero-order chi connectivity index (χ0) is 12.2. The van der Waals surface area contributed by atoms with Crippen molar-refractivity contribution in [3.63, 3.8) is 0 Å². The molecule has 0 spiro atoms.